The van der Waals surface area contributed by atoms with Gasteiger partial charge in [-0.1, -0.05) is 13.8 Å². The van der Waals surface area contributed by atoms with Crippen molar-refractivity contribution in [2.24, 2.45) is 5.92 Å². The molecule has 1 heterocycles. The summed E-state index contributed by atoms with van der Waals surface area (Å²) in [7, 11) is 0. The monoisotopic (exact) mass is 166 g/mol. The van der Waals surface area contributed by atoms with Crippen LogP contribution in [0.3, 0.4) is 0 Å². The number of hydrogen-bond donors (Lipinski definition) is 0. The van der Waals surface area contributed by atoms with Crippen molar-refractivity contribution in [2.45, 2.75) is 26.7 Å². The lowest BCUT2D eigenvalue weighted by atomic mass is 10.0. The van der Waals surface area contributed by atoms with E-state index < -0.39 is 0 Å². The Morgan fingerprint density at radius 1 is 1.58 bits per heavy atom. The highest BCUT2D eigenvalue weighted by Crippen LogP contribution is 2.13. The quantitative estimate of drug-likeness (QED) is 0.644. The molecule has 0 fully saturated rings. The number of furan rings is 1. The molecule has 12 heavy (non-hydrogen) atoms. The summed E-state index contributed by atoms with van der Waals surface area (Å²) in [5.74, 6) is 1.15. The molecule has 0 bridgehead atoms. The molecule has 66 valence electrons. The maximum atomic E-state index is 10.4. The van der Waals surface area contributed by atoms with Gasteiger partial charge < -0.3 is 4.42 Å². The molecule has 0 aliphatic carbocycles. The van der Waals surface area contributed by atoms with Gasteiger partial charge in [-0.25, -0.2) is 0 Å². The van der Waals surface area contributed by atoms with Crippen molar-refractivity contribution in [3.8, 4) is 0 Å². The molecule has 0 atom stereocenters. The lowest BCUT2D eigenvalue weighted by Crippen LogP contribution is -1.93. The molecule has 2 nitrogen and oxygen atoms in total. The molecular weight excluding hydrogens is 152 g/mol. The zero-order valence-corrected chi connectivity index (χ0v) is 7.54. The summed E-state index contributed by atoms with van der Waals surface area (Å²) in [6, 6.07) is 1.87. The predicted octanol–water partition coefficient (Wildman–Crippen LogP) is 2.68. The number of carbonyl (C=O) groups is 1. The Morgan fingerprint density at radius 3 is 2.92 bits per heavy atom. The number of hydrogen-bond acceptors (Lipinski definition) is 2. The summed E-state index contributed by atoms with van der Waals surface area (Å²) in [5.41, 5.74) is 1.03. The maximum Gasteiger partial charge on any atom is 0.185 e. The summed E-state index contributed by atoms with van der Waals surface area (Å²) in [4.78, 5) is 10.4. The summed E-state index contributed by atoms with van der Waals surface area (Å²) in [6.45, 7) is 4.33. The minimum absolute atomic E-state index is 0.482. The van der Waals surface area contributed by atoms with Crippen molar-refractivity contribution in [1.82, 2.24) is 0 Å². The van der Waals surface area contributed by atoms with Crippen LogP contribution in [0.2, 0.25) is 0 Å². The number of aldehydes is 1. The SMILES string of the molecule is CC(C)CCc1ccoc1C=O. The summed E-state index contributed by atoms with van der Waals surface area (Å²) >= 11 is 0. The normalized spacial score (nSPS) is 10.6. The summed E-state index contributed by atoms with van der Waals surface area (Å²) in [5, 5.41) is 0. The van der Waals surface area contributed by atoms with Crippen LogP contribution in [0.1, 0.15) is 36.4 Å². The highest BCUT2D eigenvalue weighted by atomic mass is 16.3. The van der Waals surface area contributed by atoms with Crippen LogP contribution in [-0.4, -0.2) is 6.29 Å². The predicted molar refractivity (Wildman–Crippen MR) is 47.3 cm³/mol. The minimum atomic E-state index is 0.482. The molecule has 0 N–H and O–H groups in total. The Bertz CT molecular complexity index is 248. The fourth-order valence-electron chi connectivity index (χ4n) is 1.10. The Labute approximate surface area is 72.6 Å². The average Bonchev–Trinajstić information content (AvgIpc) is 2.47. The molecule has 0 saturated heterocycles. The van der Waals surface area contributed by atoms with Crippen LogP contribution in [-0.2, 0) is 6.42 Å². The van der Waals surface area contributed by atoms with E-state index in [0.29, 0.717) is 11.7 Å². The molecule has 1 aromatic heterocycles. The molecule has 0 aromatic carbocycles. The molecule has 0 saturated carbocycles. The van der Waals surface area contributed by atoms with Gasteiger partial charge in [0, 0.05) is 5.56 Å². The Balaban J connectivity index is 2.56. The smallest absolute Gasteiger partial charge is 0.185 e. The third-order valence-electron chi connectivity index (χ3n) is 1.88. The second-order valence-corrected chi connectivity index (χ2v) is 3.36. The van der Waals surface area contributed by atoms with Crippen molar-refractivity contribution in [3.05, 3.63) is 23.7 Å². The molecular formula is C10H14O2. The Kier molecular flexibility index (Phi) is 3.09. The summed E-state index contributed by atoms with van der Waals surface area (Å²) in [6.07, 6.45) is 4.37. The van der Waals surface area contributed by atoms with E-state index in [-0.39, 0.29) is 0 Å². The van der Waals surface area contributed by atoms with Crippen molar-refractivity contribution < 1.29 is 9.21 Å². The van der Waals surface area contributed by atoms with E-state index in [0.717, 1.165) is 24.7 Å². The second-order valence-electron chi connectivity index (χ2n) is 3.36. The fourth-order valence-corrected chi connectivity index (χ4v) is 1.10. The molecule has 0 aliphatic rings. The van der Waals surface area contributed by atoms with E-state index in [2.05, 4.69) is 13.8 Å². The average molecular weight is 166 g/mol. The van der Waals surface area contributed by atoms with E-state index in [1.54, 1.807) is 6.26 Å². The Morgan fingerprint density at radius 2 is 2.33 bits per heavy atom. The molecule has 0 radical (unpaired) electrons. The third-order valence-corrected chi connectivity index (χ3v) is 1.88. The lowest BCUT2D eigenvalue weighted by Gasteiger charge is -2.01. The fraction of sp³-hybridized carbons (Fsp3) is 0.500. The van der Waals surface area contributed by atoms with Gasteiger partial charge in [-0.05, 0) is 24.8 Å². The van der Waals surface area contributed by atoms with Gasteiger partial charge in [0.25, 0.3) is 0 Å². The van der Waals surface area contributed by atoms with E-state index >= 15 is 0 Å². The van der Waals surface area contributed by atoms with Crippen LogP contribution >= 0.6 is 0 Å². The van der Waals surface area contributed by atoms with Crippen LogP contribution < -0.4 is 0 Å². The first-order valence-corrected chi connectivity index (χ1v) is 4.25. The zero-order valence-electron chi connectivity index (χ0n) is 7.54. The second kappa shape index (κ2) is 4.10. The maximum absolute atomic E-state index is 10.4. The minimum Gasteiger partial charge on any atom is -0.461 e. The van der Waals surface area contributed by atoms with Crippen LogP contribution in [0.25, 0.3) is 0 Å². The van der Waals surface area contributed by atoms with Crippen LogP contribution in [0.5, 0.6) is 0 Å². The van der Waals surface area contributed by atoms with Gasteiger partial charge in [-0.15, -0.1) is 0 Å². The third kappa shape index (κ3) is 2.22. The molecule has 0 amide bonds. The lowest BCUT2D eigenvalue weighted by molar-refractivity contribution is 0.109. The van der Waals surface area contributed by atoms with Crippen LogP contribution in [0.15, 0.2) is 16.7 Å². The highest BCUT2D eigenvalue weighted by Gasteiger charge is 2.05. The summed E-state index contributed by atoms with van der Waals surface area (Å²) < 4.78 is 4.98. The topological polar surface area (TPSA) is 30.2 Å². The molecule has 2 heteroatoms. The van der Waals surface area contributed by atoms with E-state index in [9.17, 15) is 4.79 Å². The van der Waals surface area contributed by atoms with Gasteiger partial charge in [0.05, 0.1) is 6.26 Å². The highest BCUT2D eigenvalue weighted by molar-refractivity contribution is 5.72. The van der Waals surface area contributed by atoms with Crippen molar-refractivity contribution in [3.63, 3.8) is 0 Å². The van der Waals surface area contributed by atoms with Crippen LogP contribution in [0, 0.1) is 5.92 Å². The number of rotatable bonds is 4. The van der Waals surface area contributed by atoms with E-state index in [4.69, 9.17) is 4.42 Å². The standard InChI is InChI=1S/C10H14O2/c1-8(2)3-4-9-5-6-12-10(9)7-11/h5-8H,3-4H2,1-2H3. The molecule has 1 aromatic rings. The van der Waals surface area contributed by atoms with Crippen LogP contribution in [0.4, 0.5) is 0 Å². The first-order valence-electron chi connectivity index (χ1n) is 4.25. The number of aryl methyl sites for hydroxylation is 1. The number of carbonyl (C=O) groups excluding carboxylic acids is 1. The Hall–Kier alpha value is -1.05. The zero-order chi connectivity index (χ0) is 8.97. The molecule has 0 spiro atoms. The van der Waals surface area contributed by atoms with E-state index in [1.165, 1.54) is 0 Å². The molecule has 1 rings (SSSR count). The largest absolute Gasteiger partial charge is 0.461 e. The van der Waals surface area contributed by atoms with Gasteiger partial charge in [0.15, 0.2) is 12.0 Å². The van der Waals surface area contributed by atoms with Gasteiger partial charge in [0.1, 0.15) is 0 Å². The van der Waals surface area contributed by atoms with Crippen molar-refractivity contribution >= 4 is 6.29 Å². The van der Waals surface area contributed by atoms with Gasteiger partial charge in [-0.3, -0.25) is 4.79 Å². The van der Waals surface area contributed by atoms with Gasteiger partial charge >= 0.3 is 0 Å². The van der Waals surface area contributed by atoms with Crippen molar-refractivity contribution in [2.75, 3.05) is 0 Å². The van der Waals surface area contributed by atoms with E-state index in [1.807, 2.05) is 6.07 Å². The first kappa shape index (κ1) is 9.04. The first-order chi connectivity index (χ1) is 5.74. The molecule has 0 aliphatic heterocycles. The van der Waals surface area contributed by atoms with Gasteiger partial charge in [-0.2, -0.15) is 0 Å². The molecule has 0 unspecified atom stereocenters. The van der Waals surface area contributed by atoms with Gasteiger partial charge in [0.2, 0.25) is 0 Å². The van der Waals surface area contributed by atoms with Crippen molar-refractivity contribution in [1.29, 1.82) is 0 Å².